The molecule has 0 saturated carbocycles. The van der Waals surface area contributed by atoms with Gasteiger partial charge in [-0.15, -0.1) is 0 Å². The maximum Gasteiger partial charge on any atom is 0.253 e. The molecule has 0 aliphatic rings. The van der Waals surface area contributed by atoms with Gasteiger partial charge in [-0.1, -0.05) is 38.1 Å². The molecule has 0 aliphatic heterocycles. The largest absolute Gasteiger partial charge is 0.352 e. The Labute approximate surface area is 178 Å². The summed E-state index contributed by atoms with van der Waals surface area (Å²) in [5, 5.41) is 5.54. The Bertz CT molecular complexity index is 1000. The first-order valence-electron chi connectivity index (χ1n) is 9.93. The fraction of sp³-hybridized carbons (Fsp3) is 0.364. The monoisotopic (exact) mass is 431 g/mol. The highest BCUT2D eigenvalue weighted by Crippen LogP contribution is 2.25. The molecule has 7 nitrogen and oxygen atoms in total. The van der Waals surface area contributed by atoms with Crippen LogP contribution < -0.4 is 14.9 Å². The lowest BCUT2D eigenvalue weighted by molar-refractivity contribution is -0.117. The molecule has 0 heterocycles. The maximum absolute atomic E-state index is 13.1. The van der Waals surface area contributed by atoms with Gasteiger partial charge in [0.05, 0.1) is 23.2 Å². The van der Waals surface area contributed by atoms with Crippen LogP contribution in [0.3, 0.4) is 0 Å². The summed E-state index contributed by atoms with van der Waals surface area (Å²) >= 11 is 0. The standard InChI is InChI=1S/C22H29N3O4S/c1-5-14-23-21(26)18-12-7-8-13-19(18)24-22(27)20(6-2)25(30(4,28)29)17-11-9-10-16(3)15-17/h7-13,15,20H,5-6,14H2,1-4H3,(H,23,26)(H,24,27)/t20-/m0/s1. The zero-order chi connectivity index (χ0) is 22.3. The second-order valence-corrected chi connectivity index (χ2v) is 8.97. The van der Waals surface area contributed by atoms with Crippen LogP contribution in [0.4, 0.5) is 11.4 Å². The van der Waals surface area contributed by atoms with Gasteiger partial charge in [0.25, 0.3) is 5.91 Å². The number of hydrogen-bond acceptors (Lipinski definition) is 4. The number of anilines is 2. The van der Waals surface area contributed by atoms with Crippen LogP contribution in [0, 0.1) is 6.92 Å². The van der Waals surface area contributed by atoms with Crippen molar-refractivity contribution in [3.8, 4) is 0 Å². The lowest BCUT2D eigenvalue weighted by Crippen LogP contribution is -2.47. The Balaban J connectivity index is 2.37. The van der Waals surface area contributed by atoms with E-state index in [-0.39, 0.29) is 12.3 Å². The van der Waals surface area contributed by atoms with E-state index in [0.29, 0.717) is 23.5 Å². The van der Waals surface area contributed by atoms with Crippen LogP contribution in [0.15, 0.2) is 48.5 Å². The van der Waals surface area contributed by atoms with Crippen molar-refractivity contribution in [1.82, 2.24) is 5.32 Å². The molecular weight excluding hydrogens is 402 g/mol. The second kappa shape index (κ2) is 10.2. The van der Waals surface area contributed by atoms with Gasteiger partial charge in [0.15, 0.2) is 0 Å². The zero-order valence-corrected chi connectivity index (χ0v) is 18.6. The van der Waals surface area contributed by atoms with E-state index >= 15 is 0 Å². The number of nitrogens with zero attached hydrogens (tertiary/aromatic N) is 1. The molecule has 0 unspecified atom stereocenters. The van der Waals surface area contributed by atoms with Crippen molar-refractivity contribution in [2.45, 2.75) is 39.7 Å². The first-order chi connectivity index (χ1) is 14.2. The first-order valence-corrected chi connectivity index (χ1v) is 11.8. The van der Waals surface area contributed by atoms with E-state index in [0.717, 1.165) is 22.5 Å². The average molecular weight is 432 g/mol. The summed E-state index contributed by atoms with van der Waals surface area (Å²) in [4.78, 5) is 25.6. The molecule has 0 radical (unpaired) electrons. The van der Waals surface area contributed by atoms with Gasteiger partial charge in [-0.3, -0.25) is 13.9 Å². The molecule has 8 heteroatoms. The minimum atomic E-state index is -3.73. The zero-order valence-electron chi connectivity index (χ0n) is 17.8. The lowest BCUT2D eigenvalue weighted by Gasteiger charge is -2.30. The number of nitrogens with one attached hydrogen (secondary N) is 2. The summed E-state index contributed by atoms with van der Waals surface area (Å²) < 4.78 is 26.3. The Kier molecular flexibility index (Phi) is 8.00. The molecule has 30 heavy (non-hydrogen) atoms. The van der Waals surface area contributed by atoms with Crippen LogP contribution in [0.1, 0.15) is 42.6 Å². The third kappa shape index (κ3) is 5.82. The van der Waals surface area contributed by atoms with E-state index in [2.05, 4.69) is 10.6 Å². The number of rotatable bonds is 9. The number of para-hydroxylation sites is 1. The molecule has 0 aromatic heterocycles. The van der Waals surface area contributed by atoms with Crippen LogP contribution in [0.5, 0.6) is 0 Å². The molecule has 0 bridgehead atoms. The van der Waals surface area contributed by atoms with Crippen molar-refractivity contribution >= 4 is 33.2 Å². The molecule has 0 aliphatic carbocycles. The van der Waals surface area contributed by atoms with Crippen molar-refractivity contribution in [3.63, 3.8) is 0 Å². The van der Waals surface area contributed by atoms with Gasteiger partial charge in [-0.2, -0.15) is 0 Å². The highest BCUT2D eigenvalue weighted by molar-refractivity contribution is 7.92. The van der Waals surface area contributed by atoms with Crippen molar-refractivity contribution in [3.05, 3.63) is 59.7 Å². The quantitative estimate of drug-likeness (QED) is 0.637. The first kappa shape index (κ1) is 23.4. The summed E-state index contributed by atoms with van der Waals surface area (Å²) in [6.45, 7) is 6.08. The van der Waals surface area contributed by atoms with Crippen molar-refractivity contribution < 1.29 is 18.0 Å². The Morgan fingerprint density at radius 1 is 1.07 bits per heavy atom. The normalized spacial score (nSPS) is 12.1. The molecule has 1 atom stereocenters. The SMILES string of the molecule is CCCNC(=O)c1ccccc1NC(=O)[C@H](CC)N(c1cccc(C)c1)S(C)(=O)=O. The van der Waals surface area contributed by atoms with Gasteiger partial charge in [0.1, 0.15) is 6.04 Å². The number of sulfonamides is 1. The topological polar surface area (TPSA) is 95.6 Å². The minimum absolute atomic E-state index is 0.261. The highest BCUT2D eigenvalue weighted by atomic mass is 32.2. The van der Waals surface area contributed by atoms with Gasteiger partial charge in [-0.05, 0) is 49.6 Å². The minimum Gasteiger partial charge on any atom is -0.352 e. The maximum atomic E-state index is 13.1. The van der Waals surface area contributed by atoms with Crippen LogP contribution in [-0.4, -0.2) is 39.1 Å². The summed E-state index contributed by atoms with van der Waals surface area (Å²) in [6, 6.07) is 12.7. The predicted octanol–water partition coefficient (Wildman–Crippen LogP) is 3.32. The molecule has 2 amide bonds. The second-order valence-electron chi connectivity index (χ2n) is 7.11. The van der Waals surface area contributed by atoms with Crippen LogP contribution in [0.2, 0.25) is 0 Å². The van der Waals surface area contributed by atoms with Crippen molar-refractivity contribution in [2.75, 3.05) is 22.4 Å². The van der Waals surface area contributed by atoms with Gasteiger partial charge in [0, 0.05) is 6.54 Å². The van der Waals surface area contributed by atoms with E-state index in [1.807, 2.05) is 19.9 Å². The number of carbonyl (C=O) groups is 2. The molecule has 0 saturated heterocycles. The molecule has 0 spiro atoms. The molecule has 2 aromatic rings. The number of hydrogen-bond donors (Lipinski definition) is 2. The third-order valence-electron chi connectivity index (χ3n) is 4.55. The highest BCUT2D eigenvalue weighted by Gasteiger charge is 2.32. The van der Waals surface area contributed by atoms with Crippen LogP contribution >= 0.6 is 0 Å². The fourth-order valence-electron chi connectivity index (χ4n) is 3.17. The molecule has 2 aromatic carbocycles. The van der Waals surface area contributed by atoms with E-state index in [1.54, 1.807) is 49.4 Å². The van der Waals surface area contributed by atoms with Crippen molar-refractivity contribution in [1.29, 1.82) is 0 Å². The molecule has 162 valence electrons. The van der Waals surface area contributed by atoms with E-state index in [4.69, 9.17) is 0 Å². The van der Waals surface area contributed by atoms with Gasteiger partial charge in [-0.25, -0.2) is 8.42 Å². The Hall–Kier alpha value is -2.87. The third-order valence-corrected chi connectivity index (χ3v) is 5.73. The number of carbonyl (C=O) groups excluding carboxylic acids is 2. The summed E-state index contributed by atoms with van der Waals surface area (Å²) in [5.41, 5.74) is 1.98. The van der Waals surface area contributed by atoms with E-state index < -0.39 is 22.0 Å². The lowest BCUT2D eigenvalue weighted by atomic mass is 10.1. The van der Waals surface area contributed by atoms with Gasteiger partial charge < -0.3 is 10.6 Å². The number of aryl methyl sites for hydroxylation is 1. The van der Waals surface area contributed by atoms with E-state index in [1.165, 1.54) is 0 Å². The average Bonchev–Trinajstić information content (AvgIpc) is 2.69. The molecule has 0 fully saturated rings. The summed E-state index contributed by atoms with van der Waals surface area (Å²) in [5.74, 6) is -0.792. The fourth-order valence-corrected chi connectivity index (χ4v) is 4.37. The summed E-state index contributed by atoms with van der Waals surface area (Å²) in [7, 11) is -3.73. The predicted molar refractivity (Wildman–Crippen MR) is 120 cm³/mol. The van der Waals surface area contributed by atoms with Gasteiger partial charge >= 0.3 is 0 Å². The number of benzene rings is 2. The van der Waals surface area contributed by atoms with Crippen LogP contribution in [0.25, 0.3) is 0 Å². The Morgan fingerprint density at radius 3 is 2.37 bits per heavy atom. The van der Waals surface area contributed by atoms with Crippen molar-refractivity contribution in [2.24, 2.45) is 0 Å². The molecular formula is C22H29N3O4S. The summed E-state index contributed by atoms with van der Waals surface area (Å²) in [6.07, 6.45) is 2.13. The number of amides is 2. The van der Waals surface area contributed by atoms with Gasteiger partial charge in [0.2, 0.25) is 15.9 Å². The van der Waals surface area contributed by atoms with Crippen LogP contribution in [-0.2, 0) is 14.8 Å². The Morgan fingerprint density at radius 2 is 1.77 bits per heavy atom. The smallest absolute Gasteiger partial charge is 0.253 e. The van der Waals surface area contributed by atoms with E-state index in [9.17, 15) is 18.0 Å². The molecule has 2 N–H and O–H groups in total. The molecule has 2 rings (SSSR count).